The lowest BCUT2D eigenvalue weighted by atomic mass is 10.2. The van der Waals surface area contributed by atoms with Crippen LogP contribution in [0.25, 0.3) is 0 Å². The molecule has 1 aromatic carbocycles. The van der Waals surface area contributed by atoms with Gasteiger partial charge < -0.3 is 5.32 Å². The quantitative estimate of drug-likeness (QED) is 0.854. The summed E-state index contributed by atoms with van der Waals surface area (Å²) in [6.07, 6.45) is 3.05. The van der Waals surface area contributed by atoms with Crippen LogP contribution in [0.4, 0.5) is 15.9 Å². The maximum atomic E-state index is 12.9. The fourth-order valence-electron chi connectivity index (χ4n) is 1.25. The number of anilines is 2. The van der Waals surface area contributed by atoms with Crippen molar-refractivity contribution in [3.63, 3.8) is 0 Å². The molecule has 0 aliphatic carbocycles. The van der Waals surface area contributed by atoms with Crippen LogP contribution >= 0.6 is 22.6 Å². The monoisotopic (exact) mass is 340 g/mol. The van der Waals surface area contributed by atoms with Gasteiger partial charge in [-0.1, -0.05) is 0 Å². The van der Waals surface area contributed by atoms with Crippen LogP contribution in [0.5, 0.6) is 0 Å². The number of nitrogens with one attached hydrogen (secondary N) is 1. The van der Waals surface area contributed by atoms with Gasteiger partial charge in [0, 0.05) is 6.20 Å². The van der Waals surface area contributed by atoms with Crippen LogP contribution < -0.4 is 5.32 Å². The number of rotatable bonds is 2. The maximum Gasteiger partial charge on any atom is 0.147 e. The Morgan fingerprint density at radius 1 is 1.41 bits per heavy atom. The Balaban J connectivity index is 2.37. The molecule has 2 rings (SSSR count). The number of halogens is 2. The van der Waals surface area contributed by atoms with Crippen LogP contribution in [0.3, 0.4) is 0 Å². The summed E-state index contributed by atoms with van der Waals surface area (Å²) in [7, 11) is 0. The summed E-state index contributed by atoms with van der Waals surface area (Å²) in [6.45, 7) is 0. The largest absolute Gasteiger partial charge is 0.338 e. The molecule has 4 nitrogen and oxygen atoms in total. The first-order chi connectivity index (χ1) is 8.20. The number of nitriles is 1. The predicted molar refractivity (Wildman–Crippen MR) is 69.1 cm³/mol. The van der Waals surface area contributed by atoms with E-state index in [-0.39, 0.29) is 5.56 Å². The molecule has 0 unspecified atom stereocenters. The van der Waals surface area contributed by atoms with Crippen LogP contribution in [0.1, 0.15) is 5.56 Å². The number of benzene rings is 1. The minimum atomic E-state index is -0.440. The van der Waals surface area contributed by atoms with E-state index in [0.717, 1.165) is 3.57 Å². The van der Waals surface area contributed by atoms with Crippen molar-refractivity contribution >= 4 is 34.1 Å². The maximum absolute atomic E-state index is 12.9. The van der Waals surface area contributed by atoms with Crippen LogP contribution in [-0.4, -0.2) is 9.97 Å². The molecule has 0 aliphatic heterocycles. The first-order valence-corrected chi connectivity index (χ1v) is 5.71. The number of hydrogen-bond donors (Lipinski definition) is 1. The van der Waals surface area contributed by atoms with Crippen molar-refractivity contribution in [1.82, 2.24) is 9.97 Å². The second-order valence-corrected chi connectivity index (χ2v) is 4.31. The van der Waals surface area contributed by atoms with E-state index in [4.69, 9.17) is 5.26 Å². The van der Waals surface area contributed by atoms with E-state index in [0.29, 0.717) is 11.5 Å². The zero-order valence-electron chi connectivity index (χ0n) is 8.48. The fourth-order valence-corrected chi connectivity index (χ4v) is 1.69. The molecule has 0 amide bonds. The van der Waals surface area contributed by atoms with Crippen molar-refractivity contribution in [3.8, 4) is 6.07 Å². The molecule has 0 saturated carbocycles. The highest BCUT2D eigenvalue weighted by molar-refractivity contribution is 14.1. The third kappa shape index (κ3) is 2.68. The smallest absolute Gasteiger partial charge is 0.147 e. The van der Waals surface area contributed by atoms with Gasteiger partial charge in [-0.2, -0.15) is 5.26 Å². The van der Waals surface area contributed by atoms with Gasteiger partial charge in [0.1, 0.15) is 24.0 Å². The van der Waals surface area contributed by atoms with Crippen molar-refractivity contribution < 1.29 is 4.39 Å². The molecule has 1 heterocycles. The Labute approximate surface area is 111 Å². The molecule has 0 spiro atoms. The zero-order chi connectivity index (χ0) is 12.3. The highest BCUT2D eigenvalue weighted by atomic mass is 127. The van der Waals surface area contributed by atoms with Gasteiger partial charge in [-0.3, -0.25) is 0 Å². The summed E-state index contributed by atoms with van der Waals surface area (Å²) in [5.41, 5.74) is 0.755. The predicted octanol–water partition coefficient (Wildman–Crippen LogP) is 2.84. The molecule has 0 bridgehead atoms. The van der Waals surface area contributed by atoms with Gasteiger partial charge >= 0.3 is 0 Å². The van der Waals surface area contributed by atoms with Crippen molar-refractivity contribution in [2.45, 2.75) is 0 Å². The number of hydrogen-bond acceptors (Lipinski definition) is 4. The fraction of sp³-hybridized carbons (Fsp3) is 0. The minimum absolute atomic E-state index is 0.236. The topological polar surface area (TPSA) is 61.6 Å². The molecule has 0 saturated heterocycles. The van der Waals surface area contributed by atoms with E-state index in [2.05, 4.69) is 37.9 Å². The third-order valence-corrected chi connectivity index (χ3v) is 2.81. The van der Waals surface area contributed by atoms with Gasteiger partial charge in [0.2, 0.25) is 0 Å². The standard InChI is InChI=1S/C11H6FIN4/c12-8-1-2-10(7(3-8)4-14)17-11-9(13)5-15-6-16-11/h1-3,5-6H,(H,15,16,17). The first-order valence-electron chi connectivity index (χ1n) is 4.63. The van der Waals surface area contributed by atoms with Gasteiger partial charge in [-0.05, 0) is 40.8 Å². The van der Waals surface area contributed by atoms with E-state index in [1.54, 1.807) is 6.20 Å². The van der Waals surface area contributed by atoms with Gasteiger partial charge in [-0.15, -0.1) is 0 Å². The summed E-state index contributed by atoms with van der Waals surface area (Å²) < 4.78 is 13.8. The summed E-state index contributed by atoms with van der Waals surface area (Å²) in [5, 5.41) is 11.9. The van der Waals surface area contributed by atoms with Crippen molar-refractivity contribution in [1.29, 1.82) is 5.26 Å². The SMILES string of the molecule is N#Cc1cc(F)ccc1Nc1ncncc1I. The van der Waals surface area contributed by atoms with Gasteiger partial charge in [0.25, 0.3) is 0 Å². The molecular formula is C11H6FIN4. The molecule has 0 atom stereocenters. The van der Waals surface area contributed by atoms with Crippen molar-refractivity contribution in [3.05, 3.63) is 45.7 Å². The van der Waals surface area contributed by atoms with E-state index < -0.39 is 5.82 Å². The molecule has 2 aromatic rings. The van der Waals surface area contributed by atoms with Crippen LogP contribution in [0, 0.1) is 20.7 Å². The Morgan fingerprint density at radius 2 is 2.24 bits per heavy atom. The molecule has 1 N–H and O–H groups in total. The number of nitrogens with zero attached hydrogens (tertiary/aromatic N) is 3. The lowest BCUT2D eigenvalue weighted by molar-refractivity contribution is 0.627. The Kier molecular flexibility index (Phi) is 3.49. The van der Waals surface area contributed by atoms with E-state index in [1.807, 2.05) is 6.07 Å². The number of aromatic nitrogens is 2. The lowest BCUT2D eigenvalue weighted by Crippen LogP contribution is -1.99. The van der Waals surface area contributed by atoms with E-state index in [1.165, 1.54) is 24.5 Å². The van der Waals surface area contributed by atoms with Gasteiger partial charge in [0.05, 0.1) is 14.8 Å². The van der Waals surface area contributed by atoms with E-state index >= 15 is 0 Å². The second kappa shape index (κ2) is 5.05. The Morgan fingerprint density at radius 3 is 2.94 bits per heavy atom. The average Bonchev–Trinajstić information content (AvgIpc) is 2.34. The lowest BCUT2D eigenvalue weighted by Gasteiger charge is -2.08. The highest BCUT2D eigenvalue weighted by Crippen LogP contribution is 2.22. The van der Waals surface area contributed by atoms with Crippen molar-refractivity contribution in [2.24, 2.45) is 0 Å². The molecule has 0 radical (unpaired) electrons. The average molecular weight is 340 g/mol. The van der Waals surface area contributed by atoms with Crippen LogP contribution in [0.15, 0.2) is 30.7 Å². The Hall–Kier alpha value is -1.75. The van der Waals surface area contributed by atoms with Gasteiger partial charge in [0.15, 0.2) is 0 Å². The first kappa shape index (κ1) is 11.7. The minimum Gasteiger partial charge on any atom is -0.338 e. The summed E-state index contributed by atoms with van der Waals surface area (Å²) >= 11 is 2.07. The molecule has 84 valence electrons. The molecular weight excluding hydrogens is 334 g/mol. The second-order valence-electron chi connectivity index (χ2n) is 3.15. The highest BCUT2D eigenvalue weighted by Gasteiger charge is 2.06. The normalized spacial score (nSPS) is 9.71. The molecule has 0 aliphatic rings. The molecule has 17 heavy (non-hydrogen) atoms. The zero-order valence-corrected chi connectivity index (χ0v) is 10.6. The Bertz CT molecular complexity index is 594. The van der Waals surface area contributed by atoms with Crippen molar-refractivity contribution in [2.75, 3.05) is 5.32 Å². The molecule has 0 fully saturated rings. The summed E-state index contributed by atoms with van der Waals surface area (Å²) in [4.78, 5) is 7.90. The molecule has 1 aromatic heterocycles. The van der Waals surface area contributed by atoms with Crippen LogP contribution in [0.2, 0.25) is 0 Å². The van der Waals surface area contributed by atoms with Crippen LogP contribution in [-0.2, 0) is 0 Å². The summed E-state index contributed by atoms with van der Waals surface area (Å²) in [6, 6.07) is 5.90. The van der Waals surface area contributed by atoms with Gasteiger partial charge in [-0.25, -0.2) is 14.4 Å². The molecule has 6 heteroatoms. The van der Waals surface area contributed by atoms with E-state index in [9.17, 15) is 4.39 Å². The third-order valence-electron chi connectivity index (χ3n) is 2.02. The summed E-state index contributed by atoms with van der Waals surface area (Å²) in [5.74, 6) is 0.146.